The van der Waals surface area contributed by atoms with Crippen LogP contribution in [0.1, 0.15) is 5.56 Å². The second-order valence-electron chi connectivity index (χ2n) is 5.06. The number of carbonyl (C=O) groups excluding carboxylic acids is 2. The fourth-order valence-electron chi connectivity index (χ4n) is 2.04. The van der Waals surface area contributed by atoms with Crippen LogP contribution in [0.25, 0.3) is 0 Å². The van der Waals surface area contributed by atoms with Gasteiger partial charge in [0.1, 0.15) is 17.2 Å². The minimum atomic E-state index is -0.266. The summed E-state index contributed by atoms with van der Waals surface area (Å²) in [6.45, 7) is 1.86. The molecule has 0 radical (unpaired) electrons. The Hall–Kier alpha value is -3.09. The molecule has 0 bridgehead atoms. The van der Waals surface area contributed by atoms with Crippen molar-refractivity contribution < 1.29 is 19.1 Å². The van der Waals surface area contributed by atoms with E-state index in [1.54, 1.807) is 38.7 Å². The Labute approximate surface area is 140 Å². The Balaban J connectivity index is 2.15. The first kappa shape index (κ1) is 17.3. The number of carbonyl (C=O) groups is 2. The predicted molar refractivity (Wildman–Crippen MR) is 89.5 cm³/mol. The summed E-state index contributed by atoms with van der Waals surface area (Å²) in [4.78, 5) is 27.7. The van der Waals surface area contributed by atoms with Crippen LogP contribution in [0.4, 0.5) is 5.69 Å². The van der Waals surface area contributed by atoms with E-state index < -0.39 is 0 Å². The predicted octanol–water partition coefficient (Wildman–Crippen LogP) is 1.90. The maximum atomic E-state index is 11.9. The molecule has 0 spiro atoms. The van der Waals surface area contributed by atoms with Crippen molar-refractivity contribution in [3.8, 4) is 17.2 Å². The number of aromatic nitrogens is 1. The first-order valence-corrected chi connectivity index (χ1v) is 7.26. The number of methoxy groups -OCH3 is 1. The lowest BCUT2D eigenvalue weighted by atomic mass is 10.2. The SMILES string of the molecule is COc1cc(Oc2cncc(N(C)C(=O)CNC=O)c2)ccc1C. The zero-order valence-electron chi connectivity index (χ0n) is 13.8. The molecule has 126 valence electrons. The van der Waals surface area contributed by atoms with Crippen LogP contribution in [0.15, 0.2) is 36.7 Å². The summed E-state index contributed by atoms with van der Waals surface area (Å²) < 4.78 is 11.0. The molecule has 0 saturated heterocycles. The lowest BCUT2D eigenvalue weighted by molar-refractivity contribution is -0.119. The second-order valence-corrected chi connectivity index (χ2v) is 5.06. The molecule has 1 heterocycles. The average Bonchev–Trinajstić information content (AvgIpc) is 2.60. The van der Waals surface area contributed by atoms with Crippen molar-refractivity contribution in [2.75, 3.05) is 25.6 Å². The van der Waals surface area contributed by atoms with Gasteiger partial charge in [-0.3, -0.25) is 14.6 Å². The molecule has 1 aromatic carbocycles. The summed E-state index contributed by atoms with van der Waals surface area (Å²) >= 11 is 0. The Morgan fingerprint density at radius 3 is 2.79 bits per heavy atom. The Kier molecular flexibility index (Phi) is 5.73. The fraction of sp³-hybridized carbons (Fsp3) is 0.235. The minimum absolute atomic E-state index is 0.0831. The second kappa shape index (κ2) is 7.96. The maximum Gasteiger partial charge on any atom is 0.246 e. The third kappa shape index (κ3) is 4.22. The molecule has 24 heavy (non-hydrogen) atoms. The van der Waals surface area contributed by atoms with Crippen molar-refractivity contribution >= 4 is 18.0 Å². The number of benzene rings is 1. The van der Waals surface area contributed by atoms with Crippen molar-refractivity contribution in [1.29, 1.82) is 0 Å². The first-order chi connectivity index (χ1) is 11.5. The molecule has 0 fully saturated rings. The highest BCUT2D eigenvalue weighted by atomic mass is 16.5. The molecule has 7 nitrogen and oxygen atoms in total. The lowest BCUT2D eigenvalue weighted by Gasteiger charge is -2.17. The molecule has 2 rings (SSSR count). The zero-order chi connectivity index (χ0) is 17.5. The Bertz CT molecular complexity index is 734. The number of rotatable bonds is 7. The van der Waals surface area contributed by atoms with Crippen LogP contribution in [0.3, 0.4) is 0 Å². The van der Waals surface area contributed by atoms with Gasteiger partial charge in [0.2, 0.25) is 12.3 Å². The van der Waals surface area contributed by atoms with Gasteiger partial charge >= 0.3 is 0 Å². The number of amides is 2. The fourth-order valence-corrected chi connectivity index (χ4v) is 2.04. The van der Waals surface area contributed by atoms with Crippen LogP contribution in [-0.2, 0) is 9.59 Å². The standard InChI is InChI=1S/C17H19N3O4/c1-12-4-5-14(7-16(12)23-3)24-15-6-13(8-18-9-15)20(2)17(22)10-19-11-21/h4-9,11H,10H2,1-3H3,(H,19,21). The molecule has 1 N–H and O–H groups in total. The third-order valence-corrected chi connectivity index (χ3v) is 3.41. The van der Waals surface area contributed by atoms with Crippen molar-refractivity contribution in [3.63, 3.8) is 0 Å². The van der Waals surface area contributed by atoms with E-state index in [-0.39, 0.29) is 12.5 Å². The number of likely N-dealkylation sites (N-methyl/N-ethyl adjacent to an activating group) is 1. The maximum absolute atomic E-state index is 11.9. The molecule has 1 aromatic heterocycles. The molecule has 0 unspecified atom stereocenters. The third-order valence-electron chi connectivity index (χ3n) is 3.41. The number of hydrogen-bond acceptors (Lipinski definition) is 5. The Morgan fingerprint density at radius 1 is 1.29 bits per heavy atom. The van der Waals surface area contributed by atoms with Gasteiger partial charge in [0.15, 0.2) is 0 Å². The monoisotopic (exact) mass is 329 g/mol. The number of pyridine rings is 1. The number of ether oxygens (including phenoxy) is 2. The summed E-state index contributed by atoms with van der Waals surface area (Å²) in [5.41, 5.74) is 1.56. The number of hydrogen-bond donors (Lipinski definition) is 1. The van der Waals surface area contributed by atoms with Crippen molar-refractivity contribution in [1.82, 2.24) is 10.3 Å². The molecule has 0 saturated carbocycles. The van der Waals surface area contributed by atoms with Crippen LogP contribution >= 0.6 is 0 Å². The number of nitrogens with zero attached hydrogens (tertiary/aromatic N) is 2. The van der Waals surface area contributed by atoms with E-state index in [9.17, 15) is 9.59 Å². The van der Waals surface area contributed by atoms with Gasteiger partial charge in [-0.2, -0.15) is 0 Å². The van der Waals surface area contributed by atoms with Crippen molar-refractivity contribution in [3.05, 3.63) is 42.2 Å². The summed E-state index contributed by atoms with van der Waals surface area (Å²) in [6, 6.07) is 7.20. The van der Waals surface area contributed by atoms with Crippen LogP contribution in [0, 0.1) is 6.92 Å². The van der Waals surface area contributed by atoms with Crippen LogP contribution in [0.5, 0.6) is 17.2 Å². The quantitative estimate of drug-likeness (QED) is 0.785. The molecule has 0 aliphatic carbocycles. The van der Waals surface area contributed by atoms with Crippen molar-refractivity contribution in [2.24, 2.45) is 0 Å². The van der Waals surface area contributed by atoms with Gasteiger partial charge in [-0.1, -0.05) is 6.07 Å². The van der Waals surface area contributed by atoms with E-state index in [0.29, 0.717) is 23.6 Å². The molecule has 0 aliphatic heterocycles. The van der Waals surface area contributed by atoms with Gasteiger partial charge in [-0.25, -0.2) is 0 Å². The van der Waals surface area contributed by atoms with Crippen LogP contribution < -0.4 is 19.7 Å². The minimum Gasteiger partial charge on any atom is -0.496 e. The lowest BCUT2D eigenvalue weighted by Crippen LogP contribution is -2.35. The Morgan fingerprint density at radius 2 is 2.08 bits per heavy atom. The van der Waals surface area contributed by atoms with E-state index in [1.807, 2.05) is 19.1 Å². The highest BCUT2D eigenvalue weighted by Crippen LogP contribution is 2.29. The number of nitrogens with one attached hydrogen (secondary N) is 1. The number of anilines is 1. The van der Waals surface area contributed by atoms with Crippen LogP contribution in [-0.4, -0.2) is 38.0 Å². The molecular weight excluding hydrogens is 310 g/mol. The largest absolute Gasteiger partial charge is 0.496 e. The summed E-state index contributed by atoms with van der Waals surface area (Å²) in [5, 5.41) is 2.33. The molecule has 0 aliphatic rings. The van der Waals surface area contributed by atoms with Crippen LogP contribution in [0.2, 0.25) is 0 Å². The van der Waals surface area contributed by atoms with Gasteiger partial charge in [0.25, 0.3) is 0 Å². The summed E-state index contributed by atoms with van der Waals surface area (Å²) in [6.07, 6.45) is 3.58. The molecule has 2 amide bonds. The highest BCUT2D eigenvalue weighted by molar-refractivity contribution is 5.95. The molecular formula is C17H19N3O4. The molecule has 7 heteroatoms. The topological polar surface area (TPSA) is 80.8 Å². The summed E-state index contributed by atoms with van der Waals surface area (Å²) in [7, 11) is 3.20. The van der Waals surface area contributed by atoms with Gasteiger partial charge in [-0.05, 0) is 18.6 Å². The number of aryl methyl sites for hydroxylation is 1. The van der Waals surface area contributed by atoms with E-state index in [2.05, 4.69) is 10.3 Å². The van der Waals surface area contributed by atoms with Crippen molar-refractivity contribution in [2.45, 2.75) is 6.92 Å². The average molecular weight is 329 g/mol. The van der Waals surface area contributed by atoms with Gasteiger partial charge in [-0.15, -0.1) is 0 Å². The van der Waals surface area contributed by atoms with E-state index in [4.69, 9.17) is 9.47 Å². The van der Waals surface area contributed by atoms with E-state index in [1.165, 1.54) is 4.90 Å². The zero-order valence-corrected chi connectivity index (χ0v) is 13.8. The van der Waals surface area contributed by atoms with Gasteiger partial charge < -0.3 is 19.7 Å². The van der Waals surface area contributed by atoms with Gasteiger partial charge in [0.05, 0.1) is 31.7 Å². The first-order valence-electron chi connectivity index (χ1n) is 7.26. The summed E-state index contributed by atoms with van der Waals surface area (Å²) in [5.74, 6) is 1.55. The molecule has 0 atom stereocenters. The van der Waals surface area contributed by atoms with E-state index in [0.717, 1.165) is 11.3 Å². The molecule has 2 aromatic rings. The van der Waals surface area contributed by atoms with E-state index >= 15 is 0 Å². The van der Waals surface area contributed by atoms with Gasteiger partial charge in [0, 0.05) is 19.2 Å². The smallest absolute Gasteiger partial charge is 0.246 e. The normalized spacial score (nSPS) is 9.96. The highest BCUT2D eigenvalue weighted by Gasteiger charge is 2.12.